The van der Waals surface area contributed by atoms with E-state index in [2.05, 4.69) is 5.32 Å². The van der Waals surface area contributed by atoms with E-state index in [1.54, 1.807) is 0 Å². The van der Waals surface area contributed by atoms with Gasteiger partial charge in [0.1, 0.15) is 5.75 Å². The van der Waals surface area contributed by atoms with Gasteiger partial charge in [-0.15, -0.1) is 0 Å². The molecule has 3 rings (SSSR count). The third-order valence-electron chi connectivity index (χ3n) is 5.07. The summed E-state index contributed by atoms with van der Waals surface area (Å²) in [6, 6.07) is 8.12. The monoisotopic (exact) mass is 456 g/mol. The van der Waals surface area contributed by atoms with Gasteiger partial charge in [-0.3, -0.25) is 4.79 Å². The van der Waals surface area contributed by atoms with Gasteiger partial charge in [-0.05, 0) is 49.2 Å². The van der Waals surface area contributed by atoms with Crippen LogP contribution in [-0.2, 0) is 16.2 Å². The topological polar surface area (TPSA) is 75.7 Å². The Hall–Kier alpha value is -2.59. The third-order valence-corrected chi connectivity index (χ3v) is 6.96. The quantitative estimate of drug-likeness (QED) is 0.717. The standard InChI is InChI=1S/C21H23F3N2O4S/c1-30-19-10-9-17(31(28,29)26-11-4-2-3-5-12-26)14-18(19)20(27)25-16-8-6-7-15(13-16)21(22,23)24/h6-10,13-14H,2-5,11-12H2,1H3,(H,25,27). The smallest absolute Gasteiger partial charge is 0.416 e. The first kappa shape index (κ1) is 23.1. The zero-order chi connectivity index (χ0) is 22.6. The van der Waals surface area contributed by atoms with Crippen LogP contribution in [0.15, 0.2) is 47.4 Å². The molecular formula is C21H23F3N2O4S. The molecule has 6 nitrogen and oxygen atoms in total. The lowest BCUT2D eigenvalue weighted by Crippen LogP contribution is -2.32. The van der Waals surface area contributed by atoms with E-state index in [1.807, 2.05) is 0 Å². The van der Waals surface area contributed by atoms with Crippen LogP contribution >= 0.6 is 0 Å². The number of carbonyl (C=O) groups is 1. The van der Waals surface area contributed by atoms with Gasteiger partial charge < -0.3 is 10.1 Å². The van der Waals surface area contributed by atoms with Crippen molar-refractivity contribution in [3.63, 3.8) is 0 Å². The van der Waals surface area contributed by atoms with Crippen molar-refractivity contribution in [1.82, 2.24) is 4.31 Å². The largest absolute Gasteiger partial charge is 0.496 e. The highest BCUT2D eigenvalue weighted by molar-refractivity contribution is 7.89. The number of rotatable bonds is 5. The molecule has 0 atom stereocenters. The number of halogens is 3. The van der Waals surface area contributed by atoms with Crippen molar-refractivity contribution in [2.24, 2.45) is 0 Å². The third kappa shape index (κ3) is 5.37. The number of anilines is 1. The van der Waals surface area contributed by atoms with Crippen LogP contribution < -0.4 is 10.1 Å². The normalized spacial score (nSPS) is 15.9. The molecule has 2 aromatic rings. The Kier molecular flexibility index (Phi) is 6.90. The average molecular weight is 456 g/mol. The molecular weight excluding hydrogens is 433 g/mol. The lowest BCUT2D eigenvalue weighted by molar-refractivity contribution is -0.137. The molecule has 2 aromatic carbocycles. The van der Waals surface area contributed by atoms with Crippen LogP contribution in [0.4, 0.5) is 18.9 Å². The maximum absolute atomic E-state index is 13.1. The molecule has 1 saturated heterocycles. The number of alkyl halides is 3. The molecule has 1 fully saturated rings. The Bertz CT molecular complexity index is 1050. The first-order valence-corrected chi connectivity index (χ1v) is 11.2. The maximum atomic E-state index is 13.1. The molecule has 0 spiro atoms. The van der Waals surface area contributed by atoms with Gasteiger partial charge in [0.15, 0.2) is 0 Å². The van der Waals surface area contributed by atoms with Crippen LogP contribution in [0.25, 0.3) is 0 Å². The van der Waals surface area contributed by atoms with Crippen molar-refractivity contribution < 1.29 is 31.1 Å². The van der Waals surface area contributed by atoms with E-state index < -0.39 is 27.7 Å². The summed E-state index contributed by atoms with van der Waals surface area (Å²) in [6.07, 6.45) is -1.12. The van der Waals surface area contributed by atoms with Crippen LogP contribution in [-0.4, -0.2) is 38.8 Å². The number of amides is 1. The van der Waals surface area contributed by atoms with Gasteiger partial charge in [0.25, 0.3) is 5.91 Å². The van der Waals surface area contributed by atoms with E-state index in [4.69, 9.17) is 4.74 Å². The minimum atomic E-state index is -4.56. The fourth-order valence-corrected chi connectivity index (χ4v) is 4.97. The van der Waals surface area contributed by atoms with Gasteiger partial charge in [0.2, 0.25) is 10.0 Å². The summed E-state index contributed by atoms with van der Waals surface area (Å²) >= 11 is 0. The second-order valence-corrected chi connectivity index (χ2v) is 9.15. The molecule has 0 unspecified atom stereocenters. The van der Waals surface area contributed by atoms with Crippen molar-refractivity contribution in [2.75, 3.05) is 25.5 Å². The zero-order valence-corrected chi connectivity index (χ0v) is 17.7. The van der Waals surface area contributed by atoms with E-state index in [-0.39, 0.29) is 21.9 Å². The summed E-state index contributed by atoms with van der Waals surface area (Å²) in [5.41, 5.74) is -1.06. The van der Waals surface area contributed by atoms with Crippen LogP contribution in [0.2, 0.25) is 0 Å². The Morgan fingerprint density at radius 2 is 1.71 bits per heavy atom. The number of ether oxygens (including phenoxy) is 1. The summed E-state index contributed by atoms with van der Waals surface area (Å²) in [7, 11) is -2.50. The van der Waals surface area contributed by atoms with E-state index in [1.165, 1.54) is 41.7 Å². The molecule has 1 N–H and O–H groups in total. The minimum absolute atomic E-state index is 0.0654. The van der Waals surface area contributed by atoms with E-state index >= 15 is 0 Å². The van der Waals surface area contributed by atoms with Gasteiger partial charge in [0, 0.05) is 18.8 Å². The number of sulfonamides is 1. The second kappa shape index (κ2) is 9.27. The van der Waals surface area contributed by atoms with Crippen molar-refractivity contribution >= 4 is 21.6 Å². The fraction of sp³-hybridized carbons (Fsp3) is 0.381. The fourth-order valence-electron chi connectivity index (χ4n) is 3.43. The molecule has 0 aliphatic carbocycles. The molecule has 1 amide bonds. The molecule has 0 saturated carbocycles. The Morgan fingerprint density at radius 3 is 2.32 bits per heavy atom. The first-order chi connectivity index (χ1) is 14.6. The molecule has 1 aliphatic rings. The predicted molar refractivity (Wildman–Crippen MR) is 110 cm³/mol. The number of nitrogens with zero attached hydrogens (tertiary/aromatic N) is 1. The van der Waals surface area contributed by atoms with Crippen LogP contribution in [0.5, 0.6) is 5.75 Å². The number of hydrogen-bond donors (Lipinski definition) is 1. The van der Waals surface area contributed by atoms with Gasteiger partial charge in [0.05, 0.1) is 23.1 Å². The molecule has 10 heteroatoms. The van der Waals surface area contributed by atoms with Gasteiger partial charge in [-0.2, -0.15) is 17.5 Å². The number of methoxy groups -OCH3 is 1. The van der Waals surface area contributed by atoms with Crippen LogP contribution in [0.1, 0.15) is 41.6 Å². The second-order valence-electron chi connectivity index (χ2n) is 7.21. The highest BCUT2D eigenvalue weighted by Crippen LogP contribution is 2.31. The van der Waals surface area contributed by atoms with E-state index in [0.717, 1.165) is 37.8 Å². The van der Waals surface area contributed by atoms with Crippen molar-refractivity contribution in [3.05, 3.63) is 53.6 Å². The van der Waals surface area contributed by atoms with Crippen LogP contribution in [0, 0.1) is 0 Å². The highest BCUT2D eigenvalue weighted by atomic mass is 32.2. The number of benzene rings is 2. The number of nitrogens with one attached hydrogen (secondary N) is 1. The summed E-state index contributed by atoms with van der Waals surface area (Å²) in [5.74, 6) is -0.664. The number of carbonyl (C=O) groups excluding carboxylic acids is 1. The molecule has 31 heavy (non-hydrogen) atoms. The Morgan fingerprint density at radius 1 is 1.03 bits per heavy atom. The molecule has 0 bridgehead atoms. The van der Waals surface area contributed by atoms with E-state index in [0.29, 0.717) is 13.1 Å². The average Bonchev–Trinajstić information content (AvgIpc) is 3.03. The summed E-state index contributed by atoms with van der Waals surface area (Å²) < 4.78 is 71.5. The predicted octanol–water partition coefficient (Wildman–Crippen LogP) is 4.53. The molecule has 1 aliphatic heterocycles. The molecule has 0 radical (unpaired) electrons. The lowest BCUT2D eigenvalue weighted by Gasteiger charge is -2.20. The van der Waals surface area contributed by atoms with Crippen LogP contribution in [0.3, 0.4) is 0 Å². The number of hydrogen-bond acceptors (Lipinski definition) is 4. The molecule has 168 valence electrons. The summed E-state index contributed by atoms with van der Waals surface area (Å²) in [5, 5.41) is 2.39. The Labute approximate surface area is 179 Å². The highest BCUT2D eigenvalue weighted by Gasteiger charge is 2.31. The SMILES string of the molecule is COc1ccc(S(=O)(=O)N2CCCCCC2)cc1C(=O)Nc1cccc(C(F)(F)F)c1. The zero-order valence-electron chi connectivity index (χ0n) is 16.9. The van der Waals surface area contributed by atoms with Crippen molar-refractivity contribution in [2.45, 2.75) is 36.8 Å². The molecule has 0 aromatic heterocycles. The van der Waals surface area contributed by atoms with Gasteiger partial charge >= 0.3 is 6.18 Å². The van der Waals surface area contributed by atoms with Crippen molar-refractivity contribution in [3.8, 4) is 5.75 Å². The molecule has 1 heterocycles. The maximum Gasteiger partial charge on any atom is 0.416 e. The first-order valence-electron chi connectivity index (χ1n) is 9.80. The summed E-state index contributed by atoms with van der Waals surface area (Å²) in [6.45, 7) is 0.806. The van der Waals surface area contributed by atoms with E-state index in [9.17, 15) is 26.4 Å². The van der Waals surface area contributed by atoms with Crippen molar-refractivity contribution in [1.29, 1.82) is 0 Å². The Balaban J connectivity index is 1.91. The van der Waals surface area contributed by atoms with Gasteiger partial charge in [-0.1, -0.05) is 18.9 Å². The minimum Gasteiger partial charge on any atom is -0.496 e. The summed E-state index contributed by atoms with van der Waals surface area (Å²) in [4.78, 5) is 12.7. The van der Waals surface area contributed by atoms with Gasteiger partial charge in [-0.25, -0.2) is 8.42 Å². The lowest BCUT2D eigenvalue weighted by atomic mass is 10.1.